The van der Waals surface area contributed by atoms with E-state index in [0.717, 1.165) is 0 Å². The second-order valence-corrected chi connectivity index (χ2v) is 7.26. The van der Waals surface area contributed by atoms with Crippen molar-refractivity contribution in [1.82, 2.24) is 4.72 Å². The van der Waals surface area contributed by atoms with Crippen LogP contribution in [0.4, 0.5) is 0 Å². The van der Waals surface area contributed by atoms with Gasteiger partial charge in [-0.05, 0) is 31.0 Å². The number of carbonyl (C=O) groups is 2. The molecule has 0 aliphatic carbocycles. The van der Waals surface area contributed by atoms with E-state index >= 15 is 0 Å². The Bertz CT molecular complexity index is 657. The molecule has 8 heteroatoms. The zero-order valence-corrected chi connectivity index (χ0v) is 14.1. The number of rotatable bonds is 7. The van der Waals surface area contributed by atoms with Crippen molar-refractivity contribution >= 4 is 33.4 Å². The molecule has 1 aromatic rings. The van der Waals surface area contributed by atoms with Crippen LogP contribution < -0.4 is 4.72 Å². The monoisotopic (exact) mass is 347 g/mol. The number of benzene rings is 1. The smallest absolute Gasteiger partial charge is 0.324 e. The minimum absolute atomic E-state index is 0.0509. The molecule has 0 radical (unpaired) electrons. The van der Waals surface area contributed by atoms with Crippen LogP contribution in [-0.4, -0.2) is 32.8 Å². The van der Waals surface area contributed by atoms with E-state index in [2.05, 4.69) is 4.72 Å². The molecule has 0 fully saturated rings. The molecular weight excluding hydrogens is 330 g/mol. The lowest BCUT2D eigenvalue weighted by Crippen LogP contribution is -2.45. The third-order valence-corrected chi connectivity index (χ3v) is 4.40. The van der Waals surface area contributed by atoms with Gasteiger partial charge in [-0.25, -0.2) is 8.42 Å². The second-order valence-electron chi connectivity index (χ2n) is 5.11. The molecule has 1 N–H and O–H groups in total. The number of carbonyl (C=O) groups excluding carboxylic acids is 2. The number of hydrogen-bond acceptors (Lipinski definition) is 5. The molecule has 0 aliphatic heterocycles. The molecule has 0 bridgehead atoms. The van der Waals surface area contributed by atoms with Crippen molar-refractivity contribution in [2.75, 3.05) is 6.61 Å². The van der Waals surface area contributed by atoms with Gasteiger partial charge in [0.25, 0.3) is 0 Å². The molecule has 0 saturated heterocycles. The first-order chi connectivity index (χ1) is 10.1. The van der Waals surface area contributed by atoms with E-state index in [1.165, 1.54) is 25.1 Å². The molecule has 22 heavy (non-hydrogen) atoms. The van der Waals surface area contributed by atoms with Crippen LogP contribution in [0.2, 0.25) is 5.02 Å². The van der Waals surface area contributed by atoms with Crippen LogP contribution in [0.5, 0.6) is 0 Å². The molecule has 122 valence electrons. The average Bonchev–Trinajstić information content (AvgIpc) is 2.42. The van der Waals surface area contributed by atoms with E-state index in [9.17, 15) is 18.0 Å². The molecular formula is C14H18ClNO5S. The van der Waals surface area contributed by atoms with Crippen molar-refractivity contribution in [2.24, 2.45) is 5.92 Å². The first-order valence-corrected chi connectivity index (χ1v) is 8.43. The predicted molar refractivity (Wildman–Crippen MR) is 82.0 cm³/mol. The Labute approximate surface area is 134 Å². The van der Waals surface area contributed by atoms with Crippen molar-refractivity contribution in [3.63, 3.8) is 0 Å². The second kappa shape index (κ2) is 7.71. The van der Waals surface area contributed by atoms with E-state index in [-0.39, 0.29) is 28.2 Å². The first-order valence-electron chi connectivity index (χ1n) is 6.57. The number of Topliss-reactive ketones (excluding diaryl/α,β-unsaturated/α-hetero) is 1. The van der Waals surface area contributed by atoms with Gasteiger partial charge in [-0.3, -0.25) is 9.59 Å². The summed E-state index contributed by atoms with van der Waals surface area (Å²) in [6.45, 7) is 4.22. The summed E-state index contributed by atoms with van der Waals surface area (Å²) in [5.74, 6) is -1.47. The van der Waals surface area contributed by atoms with Crippen LogP contribution in [-0.2, 0) is 24.3 Å². The van der Waals surface area contributed by atoms with Crippen LogP contribution in [0.25, 0.3) is 0 Å². The van der Waals surface area contributed by atoms with Gasteiger partial charge in [0.1, 0.15) is 12.6 Å². The molecule has 0 aromatic heterocycles. The summed E-state index contributed by atoms with van der Waals surface area (Å²) in [7, 11) is -3.93. The lowest BCUT2D eigenvalue weighted by molar-refractivity contribution is -0.150. The van der Waals surface area contributed by atoms with E-state index in [1.54, 1.807) is 19.9 Å². The van der Waals surface area contributed by atoms with Gasteiger partial charge in [0, 0.05) is 5.02 Å². The maximum absolute atomic E-state index is 12.3. The Kier molecular flexibility index (Phi) is 6.52. The minimum Gasteiger partial charge on any atom is -0.457 e. The Balaban J connectivity index is 2.95. The normalized spacial score (nSPS) is 13.0. The summed E-state index contributed by atoms with van der Waals surface area (Å²) in [4.78, 5) is 22.7. The Hall–Kier alpha value is -1.44. The van der Waals surface area contributed by atoms with Crippen molar-refractivity contribution in [2.45, 2.75) is 31.7 Å². The van der Waals surface area contributed by atoms with Crippen LogP contribution in [0.15, 0.2) is 29.2 Å². The fourth-order valence-electron chi connectivity index (χ4n) is 1.59. The Morgan fingerprint density at radius 3 is 2.45 bits per heavy atom. The van der Waals surface area contributed by atoms with Gasteiger partial charge in [-0.2, -0.15) is 4.72 Å². The van der Waals surface area contributed by atoms with E-state index in [4.69, 9.17) is 16.3 Å². The number of hydrogen-bond donors (Lipinski definition) is 1. The Morgan fingerprint density at radius 2 is 1.95 bits per heavy atom. The highest BCUT2D eigenvalue weighted by Gasteiger charge is 2.29. The van der Waals surface area contributed by atoms with Crippen LogP contribution in [0.3, 0.4) is 0 Å². The van der Waals surface area contributed by atoms with Crippen LogP contribution in [0, 0.1) is 5.92 Å². The summed E-state index contributed by atoms with van der Waals surface area (Å²) in [6, 6.07) is 4.59. The topological polar surface area (TPSA) is 89.5 Å². The average molecular weight is 348 g/mol. The van der Waals surface area contributed by atoms with E-state index < -0.39 is 22.0 Å². The fraction of sp³-hybridized carbons (Fsp3) is 0.429. The lowest BCUT2D eigenvalue weighted by atomic mass is 10.1. The van der Waals surface area contributed by atoms with E-state index in [0.29, 0.717) is 0 Å². The third kappa shape index (κ3) is 5.40. The number of halogens is 1. The molecule has 6 nitrogen and oxygen atoms in total. The number of ether oxygens (including phenoxy) is 1. The van der Waals surface area contributed by atoms with Gasteiger partial charge in [0.2, 0.25) is 10.0 Å². The number of nitrogens with one attached hydrogen (secondary N) is 1. The standard InChI is InChI=1S/C14H18ClNO5S/c1-9(2)13(14(18)21-8-10(3)17)16-22(19,20)12-6-4-5-11(15)7-12/h4-7,9,13,16H,8H2,1-3H3/t13-/m0/s1. The third-order valence-electron chi connectivity index (χ3n) is 2.73. The van der Waals surface area contributed by atoms with Gasteiger partial charge in [0.05, 0.1) is 4.90 Å². The summed E-state index contributed by atoms with van der Waals surface area (Å²) < 4.78 is 31.7. The molecule has 0 aliphatic rings. The maximum atomic E-state index is 12.3. The summed E-state index contributed by atoms with van der Waals surface area (Å²) in [5, 5.41) is 0.267. The zero-order chi connectivity index (χ0) is 16.9. The molecule has 0 spiro atoms. The van der Waals surface area contributed by atoms with Crippen molar-refractivity contribution < 1.29 is 22.7 Å². The molecule has 0 amide bonds. The molecule has 1 aromatic carbocycles. The molecule has 0 unspecified atom stereocenters. The summed E-state index contributed by atoms with van der Waals surface area (Å²) >= 11 is 5.78. The SMILES string of the molecule is CC(=O)COC(=O)[C@@H](NS(=O)(=O)c1cccc(Cl)c1)C(C)C. The van der Waals surface area contributed by atoms with Crippen LogP contribution in [0.1, 0.15) is 20.8 Å². The lowest BCUT2D eigenvalue weighted by Gasteiger charge is -2.20. The quantitative estimate of drug-likeness (QED) is 0.759. The first kappa shape index (κ1) is 18.6. The van der Waals surface area contributed by atoms with Crippen molar-refractivity contribution in [3.8, 4) is 0 Å². The zero-order valence-electron chi connectivity index (χ0n) is 12.5. The van der Waals surface area contributed by atoms with Crippen LogP contribution >= 0.6 is 11.6 Å². The molecule has 1 atom stereocenters. The largest absolute Gasteiger partial charge is 0.457 e. The number of esters is 1. The molecule has 0 saturated carbocycles. The highest BCUT2D eigenvalue weighted by Crippen LogP contribution is 2.17. The van der Waals surface area contributed by atoms with Gasteiger partial charge < -0.3 is 4.74 Å². The van der Waals surface area contributed by atoms with E-state index in [1.807, 2.05) is 0 Å². The van der Waals surface area contributed by atoms with Gasteiger partial charge in [-0.1, -0.05) is 31.5 Å². The highest BCUT2D eigenvalue weighted by molar-refractivity contribution is 7.89. The van der Waals surface area contributed by atoms with Gasteiger partial charge in [0.15, 0.2) is 5.78 Å². The summed E-state index contributed by atoms with van der Waals surface area (Å²) in [6.07, 6.45) is 0. The predicted octanol–water partition coefficient (Wildman–Crippen LogP) is 1.78. The molecule has 1 rings (SSSR count). The van der Waals surface area contributed by atoms with Gasteiger partial charge >= 0.3 is 5.97 Å². The number of sulfonamides is 1. The van der Waals surface area contributed by atoms with Crippen molar-refractivity contribution in [1.29, 1.82) is 0 Å². The fourth-order valence-corrected chi connectivity index (χ4v) is 3.22. The van der Waals surface area contributed by atoms with Gasteiger partial charge in [-0.15, -0.1) is 0 Å². The molecule has 0 heterocycles. The maximum Gasteiger partial charge on any atom is 0.324 e. The minimum atomic E-state index is -3.93. The van der Waals surface area contributed by atoms with Crippen molar-refractivity contribution in [3.05, 3.63) is 29.3 Å². The summed E-state index contributed by atoms with van der Waals surface area (Å²) in [5.41, 5.74) is 0. The number of ketones is 1. The Morgan fingerprint density at radius 1 is 1.32 bits per heavy atom. The highest BCUT2D eigenvalue weighted by atomic mass is 35.5.